The van der Waals surface area contributed by atoms with Gasteiger partial charge in [-0.25, -0.2) is 0 Å². The zero-order chi connectivity index (χ0) is 38.9. The summed E-state index contributed by atoms with van der Waals surface area (Å²) in [4.78, 5) is 90.6. The predicted octanol–water partition coefficient (Wildman–Crippen LogP) is -4.35. The number of aliphatic carboxylic acids is 3. The van der Waals surface area contributed by atoms with E-state index in [-0.39, 0.29) is 62.9 Å². The van der Waals surface area contributed by atoms with Crippen molar-refractivity contribution in [3.63, 3.8) is 0 Å². The lowest BCUT2D eigenvalue weighted by Crippen LogP contribution is -2.51. The Morgan fingerprint density at radius 1 is 0.673 bits per heavy atom. The third kappa shape index (κ3) is 22.8. The number of nitrogens with zero attached hydrogens (tertiary/aromatic N) is 4. The van der Waals surface area contributed by atoms with Gasteiger partial charge in [0.1, 0.15) is 0 Å². The Bertz CT molecular complexity index is 1150. The molecule has 0 aromatic heterocycles. The number of ketones is 1. The zero-order valence-electron chi connectivity index (χ0n) is 30.5. The lowest BCUT2D eigenvalue weighted by atomic mass is 10.1. The van der Waals surface area contributed by atoms with Gasteiger partial charge in [-0.2, -0.15) is 0 Å². The highest BCUT2D eigenvalue weighted by atomic mass is 33.1. The molecule has 3 amide bonds. The maximum atomic E-state index is 12.8. The average molecular weight is 777 g/mol. The second kappa shape index (κ2) is 27.6. The maximum absolute atomic E-state index is 12.8. The van der Waals surface area contributed by atoms with Gasteiger partial charge >= 0.3 is 5.97 Å². The number of carbonyl (C=O) groups is 7. The largest absolute Gasteiger partial charge is 0.549 e. The van der Waals surface area contributed by atoms with Gasteiger partial charge in [0, 0.05) is 103 Å². The average Bonchev–Trinajstić information content (AvgIpc) is 3.07. The number of carboxylic acids is 3. The highest BCUT2D eigenvalue weighted by Crippen LogP contribution is 2.19. The number of carboxylic acid groups (broad SMARTS) is 3. The van der Waals surface area contributed by atoms with Crippen molar-refractivity contribution in [3.8, 4) is 0 Å². The van der Waals surface area contributed by atoms with Crippen LogP contribution in [0.4, 0.5) is 0 Å². The van der Waals surface area contributed by atoms with Crippen molar-refractivity contribution < 1.29 is 48.9 Å². The number of carbonyl (C=O) groups excluding carboxylic acids is 6. The molecule has 0 bridgehead atoms. The van der Waals surface area contributed by atoms with E-state index in [1.165, 1.54) is 24.8 Å². The fraction of sp³-hybridized carbons (Fsp3) is 0.781. The molecule has 1 fully saturated rings. The van der Waals surface area contributed by atoms with E-state index in [1.807, 2.05) is 11.8 Å². The van der Waals surface area contributed by atoms with E-state index in [2.05, 4.69) is 26.2 Å². The molecule has 1 aliphatic rings. The molecule has 0 spiro atoms. The van der Waals surface area contributed by atoms with Crippen LogP contribution in [0.2, 0.25) is 0 Å². The van der Waals surface area contributed by atoms with Crippen LogP contribution < -0.4 is 31.5 Å². The number of rotatable bonds is 24. The Kier molecular flexibility index (Phi) is 24.9. The van der Waals surface area contributed by atoms with Crippen molar-refractivity contribution >= 4 is 63.0 Å². The van der Waals surface area contributed by atoms with Gasteiger partial charge in [0.2, 0.25) is 17.7 Å². The van der Waals surface area contributed by atoms with Gasteiger partial charge in [-0.1, -0.05) is 28.5 Å². The van der Waals surface area contributed by atoms with Crippen molar-refractivity contribution in [1.82, 2.24) is 40.9 Å². The molecule has 0 radical (unpaired) electrons. The number of amides is 3. The third-order valence-electron chi connectivity index (χ3n) is 8.33. The first kappa shape index (κ1) is 47.0. The van der Waals surface area contributed by atoms with E-state index in [1.54, 1.807) is 20.6 Å². The standard InChI is InChI=1S/C32H58N8O10S2/c1-4-37-11-13-38(15-16-40(23-31(48)49)18-17-39(14-12-37)22-30(46)47)21-28(43)35-10-20-52-51-19-9-34-27(42)7-5-25(24(2)41)36-32(50)26(33-3)6-8-29(44)45/h25-26,33H,4-23H2,1-3H3,(H,34,42)(H,35,43)(H,36,50)(H,44,45)(H,46,47)(H,48,49)/p-2. The summed E-state index contributed by atoms with van der Waals surface area (Å²) >= 11 is 0. The van der Waals surface area contributed by atoms with Gasteiger partial charge in [0.05, 0.1) is 30.6 Å². The second-order valence-electron chi connectivity index (χ2n) is 12.3. The van der Waals surface area contributed by atoms with Crippen LogP contribution in [0.1, 0.15) is 39.5 Å². The fourth-order valence-corrected chi connectivity index (χ4v) is 7.08. The van der Waals surface area contributed by atoms with Gasteiger partial charge in [-0.15, -0.1) is 0 Å². The molecule has 298 valence electrons. The minimum atomic E-state index is -1.23. The van der Waals surface area contributed by atoms with Crippen LogP contribution in [0.5, 0.6) is 0 Å². The molecule has 1 saturated heterocycles. The first-order chi connectivity index (χ1) is 24.7. The minimum Gasteiger partial charge on any atom is -0.549 e. The summed E-state index contributed by atoms with van der Waals surface area (Å²) in [7, 11) is 4.60. The molecule has 5 N–H and O–H groups in total. The molecule has 1 heterocycles. The van der Waals surface area contributed by atoms with Crippen molar-refractivity contribution in [2.45, 2.75) is 51.6 Å². The van der Waals surface area contributed by atoms with Crippen molar-refractivity contribution in [3.05, 3.63) is 0 Å². The highest BCUT2D eigenvalue weighted by molar-refractivity contribution is 8.76. The molecule has 0 saturated carbocycles. The van der Waals surface area contributed by atoms with Gasteiger partial charge in [-0.3, -0.25) is 38.7 Å². The van der Waals surface area contributed by atoms with Crippen LogP contribution in [0.25, 0.3) is 0 Å². The fourth-order valence-electron chi connectivity index (χ4n) is 5.26. The summed E-state index contributed by atoms with van der Waals surface area (Å²) in [6.45, 7) is 8.40. The first-order valence-corrected chi connectivity index (χ1v) is 20.0. The summed E-state index contributed by atoms with van der Waals surface area (Å²) in [5, 5.41) is 42.5. The van der Waals surface area contributed by atoms with Crippen LogP contribution in [-0.4, -0.2) is 188 Å². The number of hydrogen-bond donors (Lipinski definition) is 5. The van der Waals surface area contributed by atoms with Crippen molar-refractivity contribution in [1.29, 1.82) is 0 Å². The Morgan fingerprint density at radius 3 is 1.54 bits per heavy atom. The summed E-state index contributed by atoms with van der Waals surface area (Å²) in [6.07, 6.45) is 0.000447. The monoisotopic (exact) mass is 776 g/mol. The summed E-state index contributed by atoms with van der Waals surface area (Å²) < 4.78 is 0. The van der Waals surface area contributed by atoms with Gasteiger partial charge < -0.3 is 51.1 Å². The van der Waals surface area contributed by atoms with Gasteiger partial charge in [0.25, 0.3) is 0 Å². The number of hydrogen-bond acceptors (Lipinski definition) is 16. The summed E-state index contributed by atoms with van der Waals surface area (Å²) in [5.74, 6) is -3.42. The topological polar surface area (TPSA) is 247 Å². The van der Waals surface area contributed by atoms with E-state index >= 15 is 0 Å². The second-order valence-corrected chi connectivity index (χ2v) is 15.0. The van der Waals surface area contributed by atoms with E-state index in [4.69, 9.17) is 5.11 Å². The molecule has 52 heavy (non-hydrogen) atoms. The quantitative estimate of drug-likeness (QED) is 0.0459. The van der Waals surface area contributed by atoms with Gasteiger partial charge in [0.15, 0.2) is 5.78 Å². The third-order valence-corrected chi connectivity index (χ3v) is 10.7. The molecule has 0 aromatic rings. The van der Waals surface area contributed by atoms with Crippen LogP contribution in [-0.2, 0) is 33.6 Å². The molecule has 0 aliphatic carbocycles. The lowest BCUT2D eigenvalue weighted by molar-refractivity contribution is -0.308. The Hall–Kier alpha value is -3.01. The van der Waals surface area contributed by atoms with Crippen molar-refractivity contribution in [2.24, 2.45) is 0 Å². The van der Waals surface area contributed by atoms with E-state index in [0.717, 1.165) is 6.54 Å². The molecule has 2 unspecified atom stereocenters. The SMILES string of the molecule is CCN1CCN(CC(=O)[O-])CCN(CC(=O)[O-])CCN(CC(=O)NCCSSCCNC(=O)CCC(NC(=O)C(CCC(=O)O)NC)C(C)=O)CC1. The summed E-state index contributed by atoms with van der Waals surface area (Å²) in [6, 6.07) is -1.63. The lowest BCUT2D eigenvalue weighted by Gasteiger charge is -2.34. The van der Waals surface area contributed by atoms with Crippen LogP contribution in [0.15, 0.2) is 0 Å². The number of Topliss-reactive ketones (excluding diaryl/α,β-unsaturated/α-hetero) is 1. The van der Waals surface area contributed by atoms with Crippen LogP contribution >= 0.6 is 21.6 Å². The van der Waals surface area contributed by atoms with Gasteiger partial charge in [-0.05, 0) is 33.4 Å². The molecule has 1 aliphatic heterocycles. The predicted molar refractivity (Wildman–Crippen MR) is 194 cm³/mol. The maximum Gasteiger partial charge on any atom is 0.303 e. The van der Waals surface area contributed by atoms with Crippen LogP contribution in [0, 0.1) is 0 Å². The molecule has 2 atom stereocenters. The van der Waals surface area contributed by atoms with Crippen LogP contribution in [0.3, 0.4) is 0 Å². The number of likely N-dealkylation sites (N-methyl/N-ethyl adjacent to an activating group) is 2. The Balaban J connectivity index is 2.40. The Labute approximate surface area is 313 Å². The number of nitrogens with one attached hydrogen (secondary N) is 4. The molecular formula is C32H56N8O10S2-2. The van der Waals surface area contributed by atoms with E-state index in [9.17, 15) is 43.8 Å². The smallest absolute Gasteiger partial charge is 0.303 e. The van der Waals surface area contributed by atoms with E-state index in [0.29, 0.717) is 77.0 Å². The molecule has 18 nitrogen and oxygen atoms in total. The van der Waals surface area contributed by atoms with Crippen molar-refractivity contribution in [2.75, 3.05) is 110 Å². The molecule has 0 aromatic carbocycles. The molecule has 1 rings (SSSR count). The zero-order valence-corrected chi connectivity index (χ0v) is 32.2. The molecular weight excluding hydrogens is 721 g/mol. The first-order valence-electron chi connectivity index (χ1n) is 17.5. The highest BCUT2D eigenvalue weighted by Gasteiger charge is 2.24. The summed E-state index contributed by atoms with van der Waals surface area (Å²) in [5.41, 5.74) is 0. The normalized spacial score (nSPS) is 16.8. The van der Waals surface area contributed by atoms with E-state index < -0.39 is 35.9 Å². The molecule has 20 heteroatoms. The Morgan fingerprint density at radius 2 is 1.12 bits per heavy atom. The minimum absolute atomic E-state index is 0.0271.